The molecule has 1 N–H and O–H groups in total. The lowest BCUT2D eigenvalue weighted by atomic mass is 9.95. The summed E-state index contributed by atoms with van der Waals surface area (Å²) in [6.45, 7) is 1.94. The molecule has 0 radical (unpaired) electrons. The molecule has 6 nitrogen and oxygen atoms in total. The van der Waals surface area contributed by atoms with Crippen molar-refractivity contribution in [2.45, 2.75) is 13.0 Å². The van der Waals surface area contributed by atoms with Gasteiger partial charge in [0.1, 0.15) is 17.3 Å². The van der Waals surface area contributed by atoms with Gasteiger partial charge in [0.25, 0.3) is 11.7 Å². The summed E-state index contributed by atoms with van der Waals surface area (Å²) in [5.41, 5.74) is 2.64. The Morgan fingerprint density at radius 3 is 2.16 bits per heavy atom. The highest BCUT2D eigenvalue weighted by atomic mass is 16.5. The first kappa shape index (κ1) is 21.2. The second-order valence-corrected chi connectivity index (χ2v) is 7.51. The Balaban J connectivity index is 1.95. The van der Waals surface area contributed by atoms with Crippen LogP contribution in [0.2, 0.25) is 0 Å². The monoisotopic (exact) mass is 429 g/mol. The molecule has 1 aliphatic rings. The minimum Gasteiger partial charge on any atom is -0.507 e. The van der Waals surface area contributed by atoms with Crippen LogP contribution in [-0.4, -0.2) is 31.0 Å². The minimum absolute atomic E-state index is 0.0112. The number of amides is 1. The standard InChI is InChI=1S/C26H23NO5/c1-16-10-12-19(13-11-16)27-23(17-6-4-8-20(14-17)31-2)22(25(29)26(27)30)24(28)18-7-5-9-21(15-18)32-3/h4-15,23,28H,1-3H3/b24-22-. The van der Waals surface area contributed by atoms with Crippen LogP contribution in [0.25, 0.3) is 5.76 Å². The van der Waals surface area contributed by atoms with E-state index < -0.39 is 17.7 Å². The number of carbonyl (C=O) groups is 2. The predicted octanol–water partition coefficient (Wildman–Crippen LogP) is 4.64. The quantitative estimate of drug-likeness (QED) is 0.363. The van der Waals surface area contributed by atoms with Crippen LogP contribution in [0.15, 0.2) is 78.4 Å². The second-order valence-electron chi connectivity index (χ2n) is 7.51. The molecular weight excluding hydrogens is 406 g/mol. The lowest BCUT2D eigenvalue weighted by molar-refractivity contribution is -0.132. The SMILES string of the molecule is COc1cccc(/C(O)=C2/C(=O)C(=O)N(c3ccc(C)cc3)C2c2cccc(OC)c2)c1. The van der Waals surface area contributed by atoms with E-state index >= 15 is 0 Å². The van der Waals surface area contributed by atoms with Crippen molar-refractivity contribution in [3.8, 4) is 11.5 Å². The number of aliphatic hydroxyl groups is 1. The number of carbonyl (C=O) groups excluding carboxylic acids is 2. The number of methoxy groups -OCH3 is 2. The summed E-state index contributed by atoms with van der Waals surface area (Å²) in [6, 6.07) is 20.4. The molecule has 0 aromatic heterocycles. The Hall–Kier alpha value is -4.06. The zero-order chi connectivity index (χ0) is 22.8. The number of nitrogens with zero attached hydrogens (tertiary/aromatic N) is 1. The van der Waals surface area contributed by atoms with E-state index in [9.17, 15) is 14.7 Å². The van der Waals surface area contributed by atoms with Gasteiger partial charge in [-0.25, -0.2) is 0 Å². The van der Waals surface area contributed by atoms with Crippen LogP contribution in [0.4, 0.5) is 5.69 Å². The molecule has 0 saturated carbocycles. The average Bonchev–Trinajstić information content (AvgIpc) is 3.09. The number of anilines is 1. The lowest BCUT2D eigenvalue weighted by Gasteiger charge is -2.26. The molecule has 1 aliphatic heterocycles. The van der Waals surface area contributed by atoms with E-state index in [0.29, 0.717) is 28.3 Å². The molecule has 1 fully saturated rings. The first-order valence-electron chi connectivity index (χ1n) is 10.1. The van der Waals surface area contributed by atoms with E-state index in [1.807, 2.05) is 19.1 Å². The van der Waals surface area contributed by atoms with E-state index in [1.54, 1.807) is 67.8 Å². The van der Waals surface area contributed by atoms with Crippen LogP contribution >= 0.6 is 0 Å². The molecule has 32 heavy (non-hydrogen) atoms. The molecule has 0 spiro atoms. The minimum atomic E-state index is -0.820. The summed E-state index contributed by atoms with van der Waals surface area (Å²) in [5, 5.41) is 11.2. The molecule has 4 rings (SSSR count). The number of benzene rings is 3. The zero-order valence-electron chi connectivity index (χ0n) is 18.0. The highest BCUT2D eigenvalue weighted by Gasteiger charge is 2.47. The van der Waals surface area contributed by atoms with Crippen LogP contribution in [0, 0.1) is 6.92 Å². The van der Waals surface area contributed by atoms with E-state index in [0.717, 1.165) is 5.56 Å². The summed E-state index contributed by atoms with van der Waals surface area (Å²) in [5.74, 6) is -0.604. The summed E-state index contributed by atoms with van der Waals surface area (Å²) < 4.78 is 10.6. The van der Waals surface area contributed by atoms with Gasteiger partial charge in [-0.3, -0.25) is 14.5 Å². The third kappa shape index (κ3) is 3.71. The number of ether oxygens (including phenoxy) is 2. The summed E-state index contributed by atoms with van der Waals surface area (Å²) in [7, 11) is 3.07. The third-order valence-corrected chi connectivity index (χ3v) is 5.51. The third-order valence-electron chi connectivity index (χ3n) is 5.51. The number of rotatable bonds is 5. The maximum Gasteiger partial charge on any atom is 0.300 e. The van der Waals surface area contributed by atoms with Crippen molar-refractivity contribution in [2.24, 2.45) is 0 Å². The molecule has 1 saturated heterocycles. The highest BCUT2D eigenvalue weighted by Crippen LogP contribution is 2.43. The van der Waals surface area contributed by atoms with Crippen molar-refractivity contribution in [3.05, 3.63) is 95.1 Å². The van der Waals surface area contributed by atoms with Gasteiger partial charge in [-0.2, -0.15) is 0 Å². The Kier molecular flexibility index (Phi) is 5.69. The molecule has 0 aliphatic carbocycles. The lowest BCUT2D eigenvalue weighted by Crippen LogP contribution is -2.29. The zero-order valence-corrected chi connectivity index (χ0v) is 18.0. The smallest absolute Gasteiger partial charge is 0.300 e. The molecule has 1 heterocycles. The average molecular weight is 429 g/mol. The van der Waals surface area contributed by atoms with E-state index in [4.69, 9.17) is 9.47 Å². The first-order chi connectivity index (χ1) is 15.4. The van der Waals surface area contributed by atoms with Crippen LogP contribution in [0.3, 0.4) is 0 Å². The van der Waals surface area contributed by atoms with E-state index in [1.165, 1.54) is 12.0 Å². The maximum atomic E-state index is 13.2. The fraction of sp³-hybridized carbons (Fsp3) is 0.154. The molecule has 6 heteroatoms. The molecule has 162 valence electrons. The number of hydrogen-bond acceptors (Lipinski definition) is 5. The van der Waals surface area contributed by atoms with Crippen LogP contribution in [-0.2, 0) is 9.59 Å². The number of aliphatic hydroxyl groups excluding tert-OH is 1. The second kappa shape index (κ2) is 8.59. The Morgan fingerprint density at radius 2 is 1.50 bits per heavy atom. The van der Waals surface area contributed by atoms with Crippen molar-refractivity contribution in [1.29, 1.82) is 0 Å². The number of hydrogen-bond donors (Lipinski definition) is 1. The maximum absolute atomic E-state index is 13.2. The fourth-order valence-electron chi connectivity index (χ4n) is 3.86. The molecule has 0 bridgehead atoms. The first-order valence-corrected chi connectivity index (χ1v) is 10.1. The van der Waals surface area contributed by atoms with Crippen LogP contribution in [0.1, 0.15) is 22.7 Å². The van der Waals surface area contributed by atoms with Crippen molar-refractivity contribution in [1.82, 2.24) is 0 Å². The Morgan fingerprint density at radius 1 is 0.875 bits per heavy atom. The topological polar surface area (TPSA) is 76.1 Å². The number of ketones is 1. The Bertz CT molecular complexity index is 1210. The molecule has 3 aromatic rings. The number of Topliss-reactive ketones (excluding diaryl/α,β-unsaturated/α-hetero) is 1. The normalized spacial score (nSPS) is 17.5. The molecular formula is C26H23NO5. The van der Waals surface area contributed by atoms with Crippen molar-refractivity contribution in [2.75, 3.05) is 19.1 Å². The predicted molar refractivity (Wildman–Crippen MR) is 122 cm³/mol. The molecule has 1 unspecified atom stereocenters. The Labute approximate surface area is 186 Å². The summed E-state index contributed by atoms with van der Waals surface area (Å²) in [4.78, 5) is 27.8. The summed E-state index contributed by atoms with van der Waals surface area (Å²) in [6.07, 6.45) is 0. The molecule has 1 atom stereocenters. The largest absolute Gasteiger partial charge is 0.507 e. The van der Waals surface area contributed by atoms with Gasteiger partial charge >= 0.3 is 0 Å². The fourth-order valence-corrected chi connectivity index (χ4v) is 3.86. The van der Waals surface area contributed by atoms with Gasteiger partial charge in [0, 0.05) is 11.3 Å². The van der Waals surface area contributed by atoms with Gasteiger partial charge in [-0.05, 0) is 48.9 Å². The summed E-state index contributed by atoms with van der Waals surface area (Å²) >= 11 is 0. The molecule has 1 amide bonds. The van der Waals surface area contributed by atoms with Crippen molar-refractivity contribution < 1.29 is 24.2 Å². The van der Waals surface area contributed by atoms with Crippen molar-refractivity contribution in [3.63, 3.8) is 0 Å². The van der Waals surface area contributed by atoms with Gasteiger partial charge in [0.15, 0.2) is 0 Å². The van der Waals surface area contributed by atoms with Crippen LogP contribution in [0.5, 0.6) is 11.5 Å². The van der Waals surface area contributed by atoms with Gasteiger partial charge in [0.2, 0.25) is 0 Å². The highest BCUT2D eigenvalue weighted by molar-refractivity contribution is 6.51. The van der Waals surface area contributed by atoms with E-state index in [-0.39, 0.29) is 11.3 Å². The molecule has 3 aromatic carbocycles. The van der Waals surface area contributed by atoms with Gasteiger partial charge in [-0.1, -0.05) is 42.0 Å². The van der Waals surface area contributed by atoms with Crippen molar-refractivity contribution >= 4 is 23.1 Å². The van der Waals surface area contributed by atoms with Crippen LogP contribution < -0.4 is 14.4 Å². The van der Waals surface area contributed by atoms with Gasteiger partial charge in [-0.15, -0.1) is 0 Å². The van der Waals surface area contributed by atoms with E-state index in [2.05, 4.69) is 0 Å². The van der Waals surface area contributed by atoms with Gasteiger partial charge in [0.05, 0.1) is 25.8 Å². The number of aryl methyl sites for hydroxylation is 1. The van der Waals surface area contributed by atoms with Gasteiger partial charge < -0.3 is 14.6 Å².